The maximum Gasteiger partial charge on any atom is 0.0561 e. The molecule has 0 aliphatic carbocycles. The highest BCUT2D eigenvalue weighted by Crippen LogP contribution is 2.50. The zero-order valence-corrected chi connectivity index (χ0v) is 30.8. The third-order valence-corrected chi connectivity index (χ3v) is 10.8. The van der Waals surface area contributed by atoms with Gasteiger partial charge in [0.2, 0.25) is 0 Å². The number of benzene rings is 9. The van der Waals surface area contributed by atoms with Crippen LogP contribution in [0.3, 0.4) is 0 Å². The van der Waals surface area contributed by atoms with Crippen LogP contribution in [0.2, 0.25) is 0 Å². The van der Waals surface area contributed by atoms with Crippen molar-refractivity contribution in [3.8, 4) is 50.2 Å². The number of hydrogen-bond donors (Lipinski definition) is 0. The normalized spacial score (nSPS) is 11.2. The molecule has 0 saturated heterocycles. The van der Waals surface area contributed by atoms with Gasteiger partial charge in [0.05, 0.1) is 22.4 Å². The van der Waals surface area contributed by atoms with Crippen molar-refractivity contribution in [2.24, 2.45) is 0 Å². The zero-order chi connectivity index (χ0) is 37.3. The van der Waals surface area contributed by atoms with E-state index in [1.54, 1.807) is 0 Å². The molecule has 1 heterocycles. The lowest BCUT2D eigenvalue weighted by Crippen LogP contribution is -2.13. The summed E-state index contributed by atoms with van der Waals surface area (Å²) in [7, 11) is 0. The topological polar surface area (TPSA) is 8.17 Å². The van der Waals surface area contributed by atoms with E-state index in [0.717, 1.165) is 39.4 Å². The van der Waals surface area contributed by atoms with E-state index in [4.69, 9.17) is 0 Å². The Labute approximate surface area is 327 Å². The summed E-state index contributed by atoms with van der Waals surface area (Å²) in [4.78, 5) is 2.48. The van der Waals surface area contributed by atoms with E-state index in [1.165, 1.54) is 49.7 Å². The van der Waals surface area contributed by atoms with Gasteiger partial charge in [0.25, 0.3) is 0 Å². The molecule has 264 valence electrons. The number of rotatable bonds is 8. The van der Waals surface area contributed by atoms with Crippen LogP contribution in [0.4, 0.5) is 17.1 Å². The second-order valence-electron chi connectivity index (χ2n) is 14.1. The Morgan fingerprint density at radius 2 is 0.786 bits per heavy atom. The van der Waals surface area contributed by atoms with Gasteiger partial charge in [0.1, 0.15) is 0 Å². The monoisotopic (exact) mass is 714 g/mol. The molecule has 0 amide bonds. The molecule has 0 aliphatic heterocycles. The van der Waals surface area contributed by atoms with E-state index in [0.29, 0.717) is 0 Å². The predicted molar refractivity (Wildman–Crippen MR) is 237 cm³/mol. The van der Waals surface area contributed by atoms with Crippen LogP contribution in [0.25, 0.3) is 72.0 Å². The fourth-order valence-electron chi connectivity index (χ4n) is 8.33. The van der Waals surface area contributed by atoms with Gasteiger partial charge in [-0.2, -0.15) is 0 Å². The van der Waals surface area contributed by atoms with E-state index in [9.17, 15) is 0 Å². The van der Waals surface area contributed by atoms with E-state index in [1.807, 2.05) is 0 Å². The highest BCUT2D eigenvalue weighted by molar-refractivity contribution is 6.11. The van der Waals surface area contributed by atoms with Crippen molar-refractivity contribution in [3.63, 3.8) is 0 Å². The summed E-state index contributed by atoms with van der Waals surface area (Å²) < 4.78 is 2.40. The molecular weight excluding hydrogens is 677 g/mol. The quantitative estimate of drug-likeness (QED) is 0.152. The molecule has 56 heavy (non-hydrogen) atoms. The lowest BCUT2D eigenvalue weighted by molar-refractivity contribution is 1.18. The summed E-state index contributed by atoms with van der Waals surface area (Å²) >= 11 is 0. The van der Waals surface area contributed by atoms with Crippen molar-refractivity contribution in [1.29, 1.82) is 0 Å². The molecule has 0 unspecified atom stereocenters. The fraction of sp³-hybridized carbons (Fsp3) is 0. The Bertz CT molecular complexity index is 2950. The van der Waals surface area contributed by atoms with E-state index >= 15 is 0 Å². The molecule has 10 aromatic rings. The average molecular weight is 715 g/mol. The van der Waals surface area contributed by atoms with Crippen LogP contribution in [0, 0.1) is 0 Å². The fourth-order valence-corrected chi connectivity index (χ4v) is 8.33. The Hall–Kier alpha value is -7.42. The number of fused-ring (bicyclic) bond motifs is 3. The summed E-state index contributed by atoms with van der Waals surface area (Å²) in [5.74, 6) is 0. The minimum Gasteiger partial charge on any atom is -0.309 e. The molecular formula is C54H38N2. The summed E-state index contributed by atoms with van der Waals surface area (Å²) in [6.45, 7) is 0. The molecule has 0 atom stereocenters. The first kappa shape index (κ1) is 33.2. The number of aromatic nitrogens is 1. The molecule has 2 heteroatoms. The van der Waals surface area contributed by atoms with E-state index < -0.39 is 0 Å². The van der Waals surface area contributed by atoms with Gasteiger partial charge in [-0.15, -0.1) is 0 Å². The van der Waals surface area contributed by atoms with Crippen molar-refractivity contribution in [1.82, 2.24) is 4.57 Å². The molecule has 10 rings (SSSR count). The Morgan fingerprint density at radius 1 is 0.304 bits per heavy atom. The van der Waals surface area contributed by atoms with Crippen LogP contribution in [0.15, 0.2) is 231 Å². The van der Waals surface area contributed by atoms with Gasteiger partial charge < -0.3 is 9.47 Å². The van der Waals surface area contributed by atoms with Crippen molar-refractivity contribution in [2.75, 3.05) is 4.90 Å². The molecule has 0 aliphatic rings. The molecule has 1 aromatic heterocycles. The first-order valence-electron chi connectivity index (χ1n) is 19.2. The first-order chi connectivity index (χ1) is 27.8. The molecule has 0 saturated carbocycles. The molecule has 9 aromatic carbocycles. The van der Waals surface area contributed by atoms with Crippen LogP contribution in [-0.2, 0) is 0 Å². The molecule has 2 nitrogen and oxygen atoms in total. The molecule has 0 bridgehead atoms. The number of hydrogen-bond acceptors (Lipinski definition) is 1. The lowest BCUT2D eigenvalue weighted by atomic mass is 9.87. The third kappa shape index (κ3) is 5.85. The second kappa shape index (κ2) is 14.4. The molecule has 0 radical (unpaired) electrons. The Morgan fingerprint density at radius 3 is 1.48 bits per heavy atom. The maximum absolute atomic E-state index is 2.48. The van der Waals surface area contributed by atoms with Gasteiger partial charge in [-0.25, -0.2) is 0 Å². The maximum atomic E-state index is 2.48. The average Bonchev–Trinajstić information content (AvgIpc) is 3.61. The number of nitrogens with zero attached hydrogens (tertiary/aromatic N) is 2. The van der Waals surface area contributed by atoms with Gasteiger partial charge >= 0.3 is 0 Å². The summed E-state index contributed by atoms with van der Waals surface area (Å²) in [6.07, 6.45) is 0. The Balaban J connectivity index is 1.32. The van der Waals surface area contributed by atoms with Crippen molar-refractivity contribution >= 4 is 38.9 Å². The van der Waals surface area contributed by atoms with Gasteiger partial charge in [-0.3, -0.25) is 0 Å². The first-order valence-corrected chi connectivity index (χ1v) is 19.2. The number of anilines is 3. The predicted octanol–water partition coefficient (Wildman–Crippen LogP) is 14.9. The van der Waals surface area contributed by atoms with Gasteiger partial charge in [-0.05, 0) is 75.8 Å². The highest BCUT2D eigenvalue weighted by Gasteiger charge is 2.25. The molecule has 0 fully saturated rings. The standard InChI is InChI=1S/C54H38N2/c1-5-20-39(21-6-1)44-28-13-14-31-49(44)54-46(41-24-9-3-10-25-41)32-19-35-52(54)56(50-33-17-15-29-45(50)40-22-7-2-8-23-40)43-36-37-48-47-30-16-18-34-51(47)55(53(48)38-43)42-26-11-4-12-27-42/h1-38H. The number of para-hydroxylation sites is 3. The molecule has 0 N–H and O–H groups in total. The highest BCUT2D eigenvalue weighted by atomic mass is 15.1. The van der Waals surface area contributed by atoms with Crippen molar-refractivity contribution < 1.29 is 0 Å². The van der Waals surface area contributed by atoms with Crippen molar-refractivity contribution in [2.45, 2.75) is 0 Å². The lowest BCUT2D eigenvalue weighted by Gasteiger charge is -2.31. The SMILES string of the molecule is c1ccc(-c2ccccc2-c2c(-c3ccccc3)cccc2N(c2ccc3c4ccccc4n(-c4ccccc4)c3c2)c2ccccc2-c2ccccc2)cc1. The Kier molecular flexibility index (Phi) is 8.55. The van der Waals surface area contributed by atoms with Gasteiger partial charge in [0.15, 0.2) is 0 Å². The van der Waals surface area contributed by atoms with Gasteiger partial charge in [-0.1, -0.05) is 188 Å². The zero-order valence-electron chi connectivity index (χ0n) is 30.8. The van der Waals surface area contributed by atoms with E-state index in [2.05, 4.69) is 240 Å². The summed E-state index contributed by atoms with van der Waals surface area (Å²) in [5.41, 5.74) is 16.1. The van der Waals surface area contributed by atoms with Gasteiger partial charge in [0, 0.05) is 33.3 Å². The summed E-state index contributed by atoms with van der Waals surface area (Å²) in [5, 5.41) is 2.45. The smallest absolute Gasteiger partial charge is 0.0561 e. The van der Waals surface area contributed by atoms with Crippen LogP contribution >= 0.6 is 0 Å². The van der Waals surface area contributed by atoms with Crippen LogP contribution in [0.5, 0.6) is 0 Å². The second-order valence-corrected chi connectivity index (χ2v) is 14.1. The van der Waals surface area contributed by atoms with Crippen LogP contribution in [-0.4, -0.2) is 4.57 Å². The van der Waals surface area contributed by atoms with Crippen molar-refractivity contribution in [3.05, 3.63) is 231 Å². The summed E-state index contributed by atoms with van der Waals surface area (Å²) in [6, 6.07) is 83.2. The largest absolute Gasteiger partial charge is 0.309 e. The minimum atomic E-state index is 1.07. The molecule has 0 spiro atoms. The minimum absolute atomic E-state index is 1.07. The van der Waals surface area contributed by atoms with Crippen LogP contribution in [0.1, 0.15) is 0 Å². The van der Waals surface area contributed by atoms with E-state index in [-0.39, 0.29) is 0 Å². The van der Waals surface area contributed by atoms with Crippen LogP contribution < -0.4 is 4.90 Å². The third-order valence-electron chi connectivity index (χ3n) is 10.8.